The van der Waals surface area contributed by atoms with Crippen molar-refractivity contribution in [2.45, 2.75) is 9.79 Å². The van der Waals surface area contributed by atoms with E-state index >= 15 is 0 Å². The molecule has 3 aromatic rings. The zero-order valence-corrected chi connectivity index (χ0v) is 11.6. The highest BCUT2D eigenvalue weighted by molar-refractivity contribution is 7.87. The third-order valence-corrected chi connectivity index (χ3v) is 4.47. The van der Waals surface area contributed by atoms with Crippen molar-refractivity contribution in [1.29, 1.82) is 0 Å². The molecule has 4 heteroatoms. The van der Waals surface area contributed by atoms with Crippen LogP contribution in [0.1, 0.15) is 0 Å². The van der Waals surface area contributed by atoms with E-state index in [-0.39, 0.29) is 10.7 Å². The molecule has 0 fully saturated rings. The summed E-state index contributed by atoms with van der Waals surface area (Å²) in [6.07, 6.45) is 5.00. The molecule has 0 aliphatic rings. The maximum absolute atomic E-state index is 4.75. The molecule has 98 valence electrons. The fourth-order valence-electron chi connectivity index (χ4n) is 1.77. The Morgan fingerprint density at radius 1 is 0.750 bits per heavy atom. The van der Waals surface area contributed by atoms with Crippen molar-refractivity contribution < 1.29 is 0 Å². The van der Waals surface area contributed by atoms with Gasteiger partial charge in [0.15, 0.2) is 5.82 Å². The Bertz CT molecular complexity index is 656. The van der Waals surface area contributed by atoms with Crippen molar-refractivity contribution in [3.8, 4) is 0 Å². The molecule has 0 spiro atoms. The second-order valence-electron chi connectivity index (χ2n) is 4.07. The van der Waals surface area contributed by atoms with E-state index in [1.165, 1.54) is 9.79 Å². The molecule has 0 radical (unpaired) electrons. The van der Waals surface area contributed by atoms with Crippen LogP contribution < -0.4 is 0 Å². The van der Waals surface area contributed by atoms with Gasteiger partial charge in [0.25, 0.3) is 0 Å². The van der Waals surface area contributed by atoms with Crippen molar-refractivity contribution in [3.05, 3.63) is 79.3 Å². The van der Waals surface area contributed by atoms with Crippen LogP contribution in [0.4, 0.5) is 5.82 Å². The highest BCUT2D eigenvalue weighted by Crippen LogP contribution is 2.21. The molecule has 1 aromatic heterocycles. The number of benzene rings is 2. The Labute approximate surface area is 120 Å². The van der Waals surface area contributed by atoms with Gasteiger partial charge in [-0.2, -0.15) is 4.36 Å². The number of rotatable bonds is 3. The monoisotopic (exact) mass is 279 g/mol. The van der Waals surface area contributed by atoms with Crippen molar-refractivity contribution >= 4 is 16.5 Å². The van der Waals surface area contributed by atoms with Gasteiger partial charge < -0.3 is 0 Å². The fourth-order valence-corrected chi connectivity index (χ4v) is 3.37. The van der Waals surface area contributed by atoms with Gasteiger partial charge in [0, 0.05) is 22.2 Å². The maximum atomic E-state index is 4.75. The van der Waals surface area contributed by atoms with Crippen LogP contribution in [-0.2, 0) is 10.7 Å². The summed E-state index contributed by atoms with van der Waals surface area (Å²) in [6, 6.07) is 20.5. The molecular weight excluding hydrogens is 266 g/mol. The van der Waals surface area contributed by atoms with Gasteiger partial charge in [0.2, 0.25) is 0 Å². The molecule has 0 bridgehead atoms. The van der Waals surface area contributed by atoms with Crippen LogP contribution in [0.3, 0.4) is 0 Å². The Hall–Kier alpha value is -2.33. The van der Waals surface area contributed by atoms with Crippen molar-refractivity contribution in [1.82, 2.24) is 9.97 Å². The van der Waals surface area contributed by atoms with Crippen LogP contribution in [0, 0.1) is 0 Å². The first-order valence-electron chi connectivity index (χ1n) is 6.26. The minimum Gasteiger partial charge on any atom is -0.259 e. The molecule has 1 heterocycles. The number of hydrogen-bond acceptors (Lipinski definition) is 3. The number of hydrogen-bond donors (Lipinski definition) is 0. The number of aromatic nitrogens is 2. The zero-order valence-electron chi connectivity index (χ0n) is 10.8. The molecule has 0 N–H and O–H groups in total. The largest absolute Gasteiger partial charge is 0.259 e. The van der Waals surface area contributed by atoms with E-state index in [2.05, 4.69) is 34.2 Å². The van der Waals surface area contributed by atoms with E-state index in [4.69, 9.17) is 4.36 Å². The minimum absolute atomic E-state index is 0.380. The molecule has 0 amide bonds. The Balaban J connectivity index is 2.12. The molecule has 0 atom stereocenters. The summed E-state index contributed by atoms with van der Waals surface area (Å²) in [5.74, 6) is 0.656. The van der Waals surface area contributed by atoms with E-state index in [0.29, 0.717) is 5.82 Å². The SMILES string of the molecule is c1ccc(S(=Nc2cnccn2)c2ccccc2)cc1. The first-order valence-corrected chi connectivity index (χ1v) is 7.44. The van der Waals surface area contributed by atoms with Crippen LogP contribution in [-0.4, -0.2) is 9.97 Å². The maximum Gasteiger partial charge on any atom is 0.178 e. The summed E-state index contributed by atoms with van der Waals surface area (Å²) in [6.45, 7) is 0. The van der Waals surface area contributed by atoms with E-state index < -0.39 is 0 Å². The summed E-state index contributed by atoms with van der Waals surface area (Å²) in [5, 5.41) is 0. The third-order valence-electron chi connectivity index (χ3n) is 2.67. The summed E-state index contributed by atoms with van der Waals surface area (Å²) >= 11 is 0. The molecule has 3 nitrogen and oxygen atoms in total. The van der Waals surface area contributed by atoms with Gasteiger partial charge in [0.1, 0.15) is 0 Å². The molecule has 2 aromatic carbocycles. The van der Waals surface area contributed by atoms with Crippen molar-refractivity contribution in [3.63, 3.8) is 0 Å². The van der Waals surface area contributed by atoms with Gasteiger partial charge in [-0.25, -0.2) is 4.98 Å². The van der Waals surface area contributed by atoms with Crippen LogP contribution in [0.5, 0.6) is 0 Å². The molecule has 0 aliphatic heterocycles. The smallest absolute Gasteiger partial charge is 0.178 e. The normalized spacial score (nSPS) is 10.4. The highest BCUT2D eigenvalue weighted by atomic mass is 32.2. The van der Waals surface area contributed by atoms with Gasteiger partial charge >= 0.3 is 0 Å². The predicted molar refractivity (Wildman–Crippen MR) is 80.9 cm³/mol. The lowest BCUT2D eigenvalue weighted by Crippen LogP contribution is -1.92. The highest BCUT2D eigenvalue weighted by Gasteiger charge is 2.05. The standard InChI is InChI=1S/C16H13N3S/c1-3-7-14(8-4-1)20(15-9-5-2-6-10-15)19-16-13-17-11-12-18-16/h1-13H. The summed E-state index contributed by atoms with van der Waals surface area (Å²) in [4.78, 5) is 10.7. The van der Waals surface area contributed by atoms with Crippen LogP contribution in [0.15, 0.2) is 93.4 Å². The van der Waals surface area contributed by atoms with E-state index in [0.717, 1.165) is 0 Å². The van der Waals surface area contributed by atoms with Gasteiger partial charge in [-0.1, -0.05) is 36.4 Å². The minimum atomic E-state index is -0.380. The van der Waals surface area contributed by atoms with Crippen LogP contribution in [0.2, 0.25) is 0 Å². The molecule has 0 saturated carbocycles. The topological polar surface area (TPSA) is 38.1 Å². The first-order chi connectivity index (χ1) is 9.93. The number of nitrogens with zero attached hydrogens (tertiary/aromatic N) is 3. The molecule has 3 rings (SSSR count). The van der Waals surface area contributed by atoms with E-state index in [1.54, 1.807) is 18.6 Å². The molecular formula is C16H13N3S. The third kappa shape index (κ3) is 2.97. The lowest BCUT2D eigenvalue weighted by molar-refractivity contribution is 1.18. The molecule has 20 heavy (non-hydrogen) atoms. The predicted octanol–water partition coefficient (Wildman–Crippen LogP) is 4.03. The van der Waals surface area contributed by atoms with E-state index in [1.807, 2.05) is 36.4 Å². The second-order valence-corrected chi connectivity index (χ2v) is 5.76. The Kier molecular flexibility index (Phi) is 3.94. The van der Waals surface area contributed by atoms with Crippen LogP contribution >= 0.6 is 0 Å². The fraction of sp³-hybridized carbons (Fsp3) is 0. The zero-order chi connectivity index (χ0) is 13.6. The summed E-state index contributed by atoms with van der Waals surface area (Å²) in [5.41, 5.74) is 0. The Morgan fingerprint density at radius 3 is 1.85 bits per heavy atom. The average molecular weight is 279 g/mol. The summed E-state index contributed by atoms with van der Waals surface area (Å²) < 4.78 is 4.75. The lowest BCUT2D eigenvalue weighted by Gasteiger charge is -2.08. The van der Waals surface area contributed by atoms with Crippen molar-refractivity contribution in [2.24, 2.45) is 4.36 Å². The second kappa shape index (κ2) is 6.21. The lowest BCUT2D eigenvalue weighted by atomic mass is 10.4. The van der Waals surface area contributed by atoms with Gasteiger partial charge in [-0.15, -0.1) is 0 Å². The van der Waals surface area contributed by atoms with Crippen LogP contribution in [0.25, 0.3) is 0 Å². The van der Waals surface area contributed by atoms with E-state index in [9.17, 15) is 0 Å². The van der Waals surface area contributed by atoms with Gasteiger partial charge in [0.05, 0.1) is 6.20 Å². The summed E-state index contributed by atoms with van der Waals surface area (Å²) in [7, 11) is -0.380. The molecule has 0 saturated heterocycles. The van der Waals surface area contributed by atoms with Gasteiger partial charge in [-0.05, 0) is 35.0 Å². The average Bonchev–Trinajstić information content (AvgIpc) is 2.55. The molecule has 0 aliphatic carbocycles. The first kappa shape index (κ1) is 12.7. The Morgan fingerprint density at radius 2 is 1.35 bits per heavy atom. The molecule has 0 unspecified atom stereocenters. The van der Waals surface area contributed by atoms with Crippen molar-refractivity contribution in [2.75, 3.05) is 0 Å². The quantitative estimate of drug-likeness (QED) is 0.726. The van der Waals surface area contributed by atoms with Gasteiger partial charge in [-0.3, -0.25) is 4.98 Å².